The number of carboxylic acid groups (broad SMARTS) is 1. The van der Waals surface area contributed by atoms with Gasteiger partial charge in [-0.05, 0) is 36.1 Å². The molecular formula is C28H36N6O8. The number of phenols is 1. The summed E-state index contributed by atoms with van der Waals surface area (Å²) in [5, 5.41) is 26.6. The summed E-state index contributed by atoms with van der Waals surface area (Å²) >= 11 is 0. The normalized spacial score (nSPS) is 13.5. The number of carboxylic acids is 1. The van der Waals surface area contributed by atoms with Crippen LogP contribution in [0.15, 0.2) is 54.6 Å². The van der Waals surface area contributed by atoms with Crippen molar-refractivity contribution in [1.82, 2.24) is 16.0 Å². The summed E-state index contributed by atoms with van der Waals surface area (Å²) in [4.78, 5) is 73.5. The molecule has 0 radical (unpaired) electrons. The number of aliphatic carboxylic acids is 1. The van der Waals surface area contributed by atoms with E-state index in [9.17, 15) is 39.0 Å². The van der Waals surface area contributed by atoms with Gasteiger partial charge in [-0.15, -0.1) is 0 Å². The molecule has 0 heterocycles. The molecule has 4 atom stereocenters. The van der Waals surface area contributed by atoms with Crippen LogP contribution in [0.5, 0.6) is 5.75 Å². The van der Waals surface area contributed by atoms with Gasteiger partial charge < -0.3 is 43.4 Å². The Hall–Kier alpha value is -4.98. The van der Waals surface area contributed by atoms with Gasteiger partial charge in [0.1, 0.15) is 23.9 Å². The summed E-state index contributed by atoms with van der Waals surface area (Å²) < 4.78 is 0. The van der Waals surface area contributed by atoms with E-state index < -0.39 is 59.7 Å². The highest BCUT2D eigenvalue weighted by Gasteiger charge is 2.31. The number of phenolic OH excluding ortho intramolecular Hbond substituents is 1. The van der Waals surface area contributed by atoms with Gasteiger partial charge in [0, 0.05) is 25.7 Å². The minimum Gasteiger partial charge on any atom is -0.508 e. The van der Waals surface area contributed by atoms with Crippen molar-refractivity contribution >= 4 is 35.5 Å². The van der Waals surface area contributed by atoms with Crippen molar-refractivity contribution in [3.63, 3.8) is 0 Å². The lowest BCUT2D eigenvalue weighted by atomic mass is 10.0. The molecule has 226 valence electrons. The molecule has 0 aliphatic rings. The minimum atomic E-state index is -1.47. The van der Waals surface area contributed by atoms with E-state index in [0.29, 0.717) is 11.1 Å². The van der Waals surface area contributed by atoms with Crippen LogP contribution in [0.25, 0.3) is 0 Å². The second-order valence-corrected chi connectivity index (χ2v) is 9.70. The molecule has 2 aromatic rings. The zero-order valence-corrected chi connectivity index (χ0v) is 22.8. The Bertz CT molecular complexity index is 1250. The number of primary amides is 2. The molecule has 0 saturated carbocycles. The average Bonchev–Trinajstić information content (AvgIpc) is 2.94. The molecule has 2 rings (SSSR count). The van der Waals surface area contributed by atoms with Gasteiger partial charge in [0.05, 0.1) is 6.04 Å². The highest BCUT2D eigenvalue weighted by atomic mass is 16.4. The van der Waals surface area contributed by atoms with Gasteiger partial charge in [-0.3, -0.25) is 24.0 Å². The first-order valence-electron chi connectivity index (χ1n) is 13.1. The summed E-state index contributed by atoms with van der Waals surface area (Å²) in [5.74, 6) is -5.18. The third-order valence-electron chi connectivity index (χ3n) is 6.26. The lowest BCUT2D eigenvalue weighted by Crippen LogP contribution is -2.58. The lowest BCUT2D eigenvalue weighted by molar-refractivity contribution is -0.142. The van der Waals surface area contributed by atoms with Crippen LogP contribution >= 0.6 is 0 Å². The quantitative estimate of drug-likeness (QED) is 0.108. The molecule has 0 saturated heterocycles. The van der Waals surface area contributed by atoms with Gasteiger partial charge >= 0.3 is 5.97 Å². The van der Waals surface area contributed by atoms with Gasteiger partial charge in [-0.25, -0.2) is 4.79 Å². The Kier molecular flexibility index (Phi) is 12.9. The number of hydrogen-bond donors (Lipinski definition) is 8. The molecule has 5 amide bonds. The van der Waals surface area contributed by atoms with Crippen molar-refractivity contribution in [2.75, 3.05) is 0 Å². The minimum absolute atomic E-state index is 0.0187. The Balaban J connectivity index is 2.31. The van der Waals surface area contributed by atoms with Gasteiger partial charge in [-0.2, -0.15) is 0 Å². The molecule has 4 unspecified atom stereocenters. The van der Waals surface area contributed by atoms with E-state index in [4.69, 9.17) is 17.2 Å². The summed E-state index contributed by atoms with van der Waals surface area (Å²) in [5.41, 5.74) is 17.3. The number of hydrogen-bond acceptors (Lipinski definition) is 8. The van der Waals surface area contributed by atoms with Crippen molar-refractivity contribution < 1.29 is 39.0 Å². The number of nitrogens with one attached hydrogen (secondary N) is 3. The van der Waals surface area contributed by atoms with E-state index in [2.05, 4.69) is 16.0 Å². The third kappa shape index (κ3) is 11.6. The fourth-order valence-electron chi connectivity index (χ4n) is 3.93. The average molecular weight is 585 g/mol. The van der Waals surface area contributed by atoms with E-state index in [1.807, 2.05) is 0 Å². The first-order chi connectivity index (χ1) is 19.8. The summed E-state index contributed by atoms with van der Waals surface area (Å²) in [6.07, 6.45) is -0.845. The van der Waals surface area contributed by atoms with E-state index in [0.717, 1.165) is 0 Å². The standard InChI is InChI=1S/C28H36N6O8/c29-19(10-12-23(30)36)25(38)33-21(14-16-4-2-1-3-5-16)27(40)34-22(15-17-6-8-18(35)9-7-17)26(39)32-20(28(41)42)11-13-24(31)37/h1-9,19-22,35H,10-15,29H2,(H2,30,36)(H2,31,37)(H,32,39)(H,33,38)(H,34,40)(H,41,42). The number of amides is 5. The van der Waals surface area contributed by atoms with Crippen molar-refractivity contribution in [2.45, 2.75) is 62.7 Å². The molecule has 0 spiro atoms. The number of carbonyl (C=O) groups excluding carboxylic acids is 5. The number of carbonyl (C=O) groups is 6. The highest BCUT2D eigenvalue weighted by Crippen LogP contribution is 2.13. The second-order valence-electron chi connectivity index (χ2n) is 9.70. The second kappa shape index (κ2) is 16.3. The molecule has 2 aromatic carbocycles. The van der Waals surface area contributed by atoms with Gasteiger partial charge in [0.2, 0.25) is 29.5 Å². The predicted molar refractivity (Wildman–Crippen MR) is 150 cm³/mol. The monoisotopic (exact) mass is 584 g/mol. The lowest BCUT2D eigenvalue weighted by Gasteiger charge is -2.25. The molecule has 14 heteroatoms. The Labute approximate surface area is 242 Å². The van der Waals surface area contributed by atoms with E-state index >= 15 is 0 Å². The molecule has 11 N–H and O–H groups in total. The summed E-state index contributed by atoms with van der Waals surface area (Å²) in [7, 11) is 0. The van der Waals surface area contributed by atoms with Crippen molar-refractivity contribution in [3.05, 3.63) is 65.7 Å². The van der Waals surface area contributed by atoms with Crippen molar-refractivity contribution in [1.29, 1.82) is 0 Å². The van der Waals surface area contributed by atoms with Crippen LogP contribution in [0, 0.1) is 0 Å². The molecule has 42 heavy (non-hydrogen) atoms. The molecule has 0 bridgehead atoms. The van der Waals surface area contributed by atoms with Crippen LogP contribution in [0.2, 0.25) is 0 Å². The predicted octanol–water partition coefficient (Wildman–Crippen LogP) is -1.43. The number of nitrogens with two attached hydrogens (primary N) is 3. The van der Waals surface area contributed by atoms with Crippen LogP contribution in [0.3, 0.4) is 0 Å². The first-order valence-corrected chi connectivity index (χ1v) is 13.1. The third-order valence-corrected chi connectivity index (χ3v) is 6.26. The van der Waals surface area contributed by atoms with Crippen LogP contribution in [0.1, 0.15) is 36.8 Å². The fraction of sp³-hybridized carbons (Fsp3) is 0.357. The largest absolute Gasteiger partial charge is 0.508 e. The van der Waals surface area contributed by atoms with E-state index in [1.54, 1.807) is 30.3 Å². The number of benzene rings is 2. The topological polar surface area (TPSA) is 257 Å². The van der Waals surface area contributed by atoms with Crippen LogP contribution in [-0.4, -0.2) is 69.9 Å². The maximum absolute atomic E-state index is 13.5. The van der Waals surface area contributed by atoms with Crippen molar-refractivity contribution in [2.24, 2.45) is 17.2 Å². The molecule has 0 fully saturated rings. The molecule has 0 aliphatic carbocycles. The van der Waals surface area contributed by atoms with Gasteiger partial charge in [-0.1, -0.05) is 42.5 Å². The number of rotatable bonds is 17. The van der Waals surface area contributed by atoms with E-state index in [1.165, 1.54) is 24.3 Å². The van der Waals surface area contributed by atoms with Gasteiger partial charge in [0.15, 0.2) is 0 Å². The van der Waals surface area contributed by atoms with Crippen molar-refractivity contribution in [3.8, 4) is 5.75 Å². The molecule has 0 aliphatic heterocycles. The summed E-state index contributed by atoms with van der Waals surface area (Å²) in [6.45, 7) is 0. The maximum atomic E-state index is 13.5. The molecule has 14 nitrogen and oxygen atoms in total. The Morgan fingerprint density at radius 2 is 1.10 bits per heavy atom. The van der Waals surface area contributed by atoms with Crippen LogP contribution in [-0.2, 0) is 41.6 Å². The zero-order valence-electron chi connectivity index (χ0n) is 22.8. The van der Waals surface area contributed by atoms with Gasteiger partial charge in [0.25, 0.3) is 0 Å². The smallest absolute Gasteiger partial charge is 0.326 e. The fourth-order valence-corrected chi connectivity index (χ4v) is 3.93. The SMILES string of the molecule is NC(=O)CCC(N)C(=O)NC(Cc1ccccc1)C(=O)NC(Cc1ccc(O)cc1)C(=O)NC(CCC(N)=O)C(=O)O. The Morgan fingerprint density at radius 3 is 1.60 bits per heavy atom. The molecular weight excluding hydrogens is 548 g/mol. The first kappa shape index (κ1) is 33.2. The highest BCUT2D eigenvalue weighted by molar-refractivity contribution is 5.94. The number of aromatic hydroxyl groups is 1. The van der Waals surface area contributed by atoms with E-state index in [-0.39, 0.29) is 44.3 Å². The maximum Gasteiger partial charge on any atom is 0.326 e. The zero-order chi connectivity index (χ0) is 31.2. The van der Waals surface area contributed by atoms with Crippen LogP contribution < -0.4 is 33.2 Å². The van der Waals surface area contributed by atoms with Crippen LogP contribution in [0.4, 0.5) is 0 Å². The molecule has 0 aromatic heterocycles. The summed E-state index contributed by atoms with van der Waals surface area (Å²) in [6, 6.07) is 9.38. The Morgan fingerprint density at radius 1 is 0.643 bits per heavy atom.